The fourth-order valence-electron chi connectivity index (χ4n) is 4.88. The Morgan fingerprint density at radius 3 is 2.94 bits per heavy atom. The standard InChI is InChI=1S/C25H22FN9O/c1-14-19(11-29-25-24(14)27-3-5-36-25)18-6-15-8-21(28-10-16(15)7-20(18)26)31-22-9-17-2-4-34-13-30-32-23(34)12-35(17)33-22/h6-11,13,27H,2-5,12H2,1H3,(H,28,31,33). The number of hydrogen-bond donors (Lipinski definition) is 2. The van der Waals surface area contributed by atoms with Gasteiger partial charge in [0.05, 0.1) is 0 Å². The zero-order valence-electron chi connectivity index (χ0n) is 19.5. The topological polar surface area (TPSA) is 108 Å². The molecule has 4 aromatic heterocycles. The Balaban J connectivity index is 1.22. The molecule has 0 amide bonds. The van der Waals surface area contributed by atoms with Crippen molar-refractivity contribution in [1.29, 1.82) is 0 Å². The number of nitrogens with zero attached hydrogens (tertiary/aromatic N) is 7. The van der Waals surface area contributed by atoms with Crippen molar-refractivity contribution in [3.05, 3.63) is 65.9 Å². The van der Waals surface area contributed by atoms with E-state index in [9.17, 15) is 0 Å². The van der Waals surface area contributed by atoms with Crippen molar-refractivity contribution in [2.75, 3.05) is 23.8 Å². The van der Waals surface area contributed by atoms with Crippen molar-refractivity contribution in [1.82, 2.24) is 34.5 Å². The molecule has 0 bridgehead atoms. The Labute approximate surface area is 205 Å². The summed E-state index contributed by atoms with van der Waals surface area (Å²) in [5.74, 6) is 2.45. The van der Waals surface area contributed by atoms with E-state index in [4.69, 9.17) is 9.84 Å². The molecule has 2 N–H and O–H groups in total. The third kappa shape index (κ3) is 3.43. The van der Waals surface area contributed by atoms with Gasteiger partial charge >= 0.3 is 0 Å². The summed E-state index contributed by atoms with van der Waals surface area (Å²) in [6, 6.07) is 7.28. The molecule has 180 valence electrons. The van der Waals surface area contributed by atoms with Gasteiger partial charge in [0.2, 0.25) is 5.88 Å². The lowest BCUT2D eigenvalue weighted by molar-refractivity contribution is 0.310. The average molecular weight is 484 g/mol. The van der Waals surface area contributed by atoms with E-state index in [-0.39, 0.29) is 5.82 Å². The summed E-state index contributed by atoms with van der Waals surface area (Å²) in [5, 5.41) is 21.1. The second-order valence-electron chi connectivity index (χ2n) is 9.00. The highest BCUT2D eigenvalue weighted by Gasteiger charge is 2.20. The summed E-state index contributed by atoms with van der Waals surface area (Å²) in [7, 11) is 0. The van der Waals surface area contributed by atoms with Crippen LogP contribution in [0.5, 0.6) is 5.88 Å². The number of fused-ring (bicyclic) bond motifs is 4. The molecule has 0 spiro atoms. The van der Waals surface area contributed by atoms with Crippen LogP contribution in [0.25, 0.3) is 21.9 Å². The highest BCUT2D eigenvalue weighted by Crippen LogP contribution is 2.37. The second kappa shape index (κ2) is 8.01. The highest BCUT2D eigenvalue weighted by atomic mass is 19.1. The molecule has 0 saturated heterocycles. The molecule has 0 fully saturated rings. The summed E-state index contributed by atoms with van der Waals surface area (Å²) in [6.45, 7) is 4.59. The molecule has 0 atom stereocenters. The molecule has 5 aromatic rings. The first-order valence-electron chi connectivity index (χ1n) is 11.8. The van der Waals surface area contributed by atoms with Crippen LogP contribution in [0.3, 0.4) is 0 Å². The molecular formula is C25H22FN9O. The number of hydrogen-bond acceptors (Lipinski definition) is 8. The Morgan fingerprint density at radius 1 is 1.06 bits per heavy atom. The lowest BCUT2D eigenvalue weighted by atomic mass is 9.98. The number of aromatic nitrogens is 7. The van der Waals surface area contributed by atoms with E-state index in [1.807, 2.05) is 34.4 Å². The summed E-state index contributed by atoms with van der Waals surface area (Å²) in [4.78, 5) is 8.88. The van der Waals surface area contributed by atoms with E-state index >= 15 is 4.39 Å². The highest BCUT2D eigenvalue weighted by molar-refractivity contribution is 5.90. The van der Waals surface area contributed by atoms with Crippen molar-refractivity contribution < 1.29 is 9.13 Å². The van der Waals surface area contributed by atoms with Crippen LogP contribution in [-0.4, -0.2) is 47.7 Å². The van der Waals surface area contributed by atoms with Crippen molar-refractivity contribution >= 4 is 28.1 Å². The van der Waals surface area contributed by atoms with E-state index < -0.39 is 0 Å². The lowest BCUT2D eigenvalue weighted by Crippen LogP contribution is -2.20. The van der Waals surface area contributed by atoms with Gasteiger partial charge in [-0.3, -0.25) is 4.68 Å². The van der Waals surface area contributed by atoms with E-state index in [0.29, 0.717) is 48.2 Å². The van der Waals surface area contributed by atoms with Gasteiger partial charge < -0.3 is 19.9 Å². The maximum atomic E-state index is 15.2. The normalized spacial score (nSPS) is 14.3. The zero-order valence-corrected chi connectivity index (χ0v) is 19.5. The molecule has 11 heteroatoms. The minimum atomic E-state index is -0.322. The van der Waals surface area contributed by atoms with Gasteiger partial charge in [-0.25, -0.2) is 14.4 Å². The Hall–Kier alpha value is -4.54. The van der Waals surface area contributed by atoms with Crippen LogP contribution >= 0.6 is 0 Å². The molecule has 0 unspecified atom stereocenters. The van der Waals surface area contributed by atoms with E-state index in [1.165, 1.54) is 6.07 Å². The maximum absolute atomic E-state index is 15.2. The predicted molar refractivity (Wildman–Crippen MR) is 132 cm³/mol. The molecule has 6 heterocycles. The number of pyridine rings is 2. The van der Waals surface area contributed by atoms with Gasteiger partial charge in [0, 0.05) is 60.2 Å². The van der Waals surface area contributed by atoms with Crippen LogP contribution < -0.4 is 15.4 Å². The number of anilines is 3. The van der Waals surface area contributed by atoms with Crippen LogP contribution in [0, 0.1) is 12.7 Å². The fourth-order valence-corrected chi connectivity index (χ4v) is 4.88. The van der Waals surface area contributed by atoms with E-state index in [0.717, 1.165) is 46.7 Å². The van der Waals surface area contributed by atoms with Crippen LogP contribution in [-0.2, 0) is 19.5 Å². The number of nitrogens with one attached hydrogen (secondary N) is 2. The number of benzene rings is 1. The molecule has 1 aromatic carbocycles. The van der Waals surface area contributed by atoms with Crippen LogP contribution in [0.4, 0.5) is 21.7 Å². The number of ether oxygens (including phenoxy) is 1. The first-order chi connectivity index (χ1) is 17.6. The first-order valence-corrected chi connectivity index (χ1v) is 11.8. The van der Waals surface area contributed by atoms with Crippen molar-refractivity contribution in [2.45, 2.75) is 26.4 Å². The molecule has 2 aliphatic heterocycles. The minimum Gasteiger partial charge on any atom is -0.474 e. The van der Waals surface area contributed by atoms with E-state index in [2.05, 4.69) is 30.8 Å². The third-order valence-corrected chi connectivity index (χ3v) is 6.76. The quantitative estimate of drug-likeness (QED) is 0.400. The molecule has 36 heavy (non-hydrogen) atoms. The van der Waals surface area contributed by atoms with Gasteiger partial charge in [0.25, 0.3) is 0 Å². The second-order valence-corrected chi connectivity index (χ2v) is 9.00. The third-order valence-electron chi connectivity index (χ3n) is 6.76. The zero-order chi connectivity index (χ0) is 24.2. The Kier molecular flexibility index (Phi) is 4.63. The first kappa shape index (κ1) is 20.8. The summed E-state index contributed by atoms with van der Waals surface area (Å²) in [6.07, 6.45) is 5.93. The van der Waals surface area contributed by atoms with Gasteiger partial charge in [-0.2, -0.15) is 5.10 Å². The molecular weight excluding hydrogens is 461 g/mol. The molecule has 0 radical (unpaired) electrons. The van der Waals surface area contributed by atoms with E-state index in [1.54, 1.807) is 18.7 Å². The monoisotopic (exact) mass is 483 g/mol. The van der Waals surface area contributed by atoms with Crippen molar-refractivity contribution in [3.8, 4) is 17.0 Å². The fraction of sp³-hybridized carbons (Fsp3) is 0.240. The minimum absolute atomic E-state index is 0.322. The maximum Gasteiger partial charge on any atom is 0.237 e. The van der Waals surface area contributed by atoms with Gasteiger partial charge in [0.15, 0.2) is 11.6 Å². The van der Waals surface area contributed by atoms with Crippen LogP contribution in [0.1, 0.15) is 17.1 Å². The number of aryl methyl sites for hydroxylation is 2. The molecule has 0 aliphatic carbocycles. The summed E-state index contributed by atoms with van der Waals surface area (Å²) < 4.78 is 24.8. The summed E-state index contributed by atoms with van der Waals surface area (Å²) >= 11 is 0. The van der Waals surface area contributed by atoms with Gasteiger partial charge in [-0.1, -0.05) is 0 Å². The van der Waals surface area contributed by atoms with Crippen LogP contribution in [0.2, 0.25) is 0 Å². The number of halogens is 1. The number of rotatable bonds is 3. The molecule has 7 rings (SSSR count). The largest absolute Gasteiger partial charge is 0.474 e. The SMILES string of the molecule is Cc1c(-c2cc3cc(Nc4cc5n(n4)Cc4nncn4CC5)ncc3cc2F)cnc2c1NCCO2. The van der Waals surface area contributed by atoms with Crippen LogP contribution in [0.15, 0.2) is 43.0 Å². The Bertz CT molecular complexity index is 1640. The smallest absolute Gasteiger partial charge is 0.237 e. The Morgan fingerprint density at radius 2 is 2.00 bits per heavy atom. The average Bonchev–Trinajstić information content (AvgIpc) is 3.46. The predicted octanol–water partition coefficient (Wildman–Crippen LogP) is 3.68. The van der Waals surface area contributed by atoms with Gasteiger partial charge in [0.1, 0.15) is 36.8 Å². The van der Waals surface area contributed by atoms with Crippen molar-refractivity contribution in [2.24, 2.45) is 0 Å². The molecule has 10 nitrogen and oxygen atoms in total. The van der Waals surface area contributed by atoms with Gasteiger partial charge in [-0.15, -0.1) is 10.2 Å². The molecule has 0 saturated carbocycles. The van der Waals surface area contributed by atoms with Crippen molar-refractivity contribution in [3.63, 3.8) is 0 Å². The summed E-state index contributed by atoms with van der Waals surface area (Å²) in [5.41, 5.74) is 4.04. The lowest BCUT2D eigenvalue weighted by Gasteiger charge is -2.21. The van der Waals surface area contributed by atoms with Gasteiger partial charge in [-0.05, 0) is 36.1 Å². The molecule has 2 aliphatic rings.